The lowest BCUT2D eigenvalue weighted by Gasteiger charge is -2.30. The molecule has 110 valence electrons. The minimum Gasteiger partial charge on any atom is -0.351 e. The standard InChI is InChI=1S/C15H17FN4O/c16-12-4-1-5-13(20-10-2-6-18-20)14(12)15(21)17-7-11-19-8-3-9-19/h1-2,4-6,10H,3,7-9,11H2,(H,17,21). The van der Waals surface area contributed by atoms with E-state index < -0.39 is 11.7 Å². The molecule has 1 N–H and O–H groups in total. The summed E-state index contributed by atoms with van der Waals surface area (Å²) in [5, 5.41) is 6.84. The largest absolute Gasteiger partial charge is 0.351 e. The fourth-order valence-electron chi connectivity index (χ4n) is 2.36. The number of rotatable bonds is 5. The molecule has 1 amide bonds. The van der Waals surface area contributed by atoms with Gasteiger partial charge in [0.2, 0.25) is 0 Å². The molecule has 2 heterocycles. The molecule has 1 aliphatic heterocycles. The molecule has 2 aromatic rings. The number of carbonyl (C=O) groups is 1. The van der Waals surface area contributed by atoms with Crippen LogP contribution in [0.3, 0.4) is 0 Å². The third kappa shape index (κ3) is 2.95. The SMILES string of the molecule is O=C(NCCN1CCC1)c1c(F)cccc1-n1cccn1. The van der Waals surface area contributed by atoms with Gasteiger partial charge >= 0.3 is 0 Å². The van der Waals surface area contributed by atoms with E-state index in [0.717, 1.165) is 19.6 Å². The van der Waals surface area contributed by atoms with Gasteiger partial charge in [-0.3, -0.25) is 4.79 Å². The predicted octanol–water partition coefficient (Wildman–Crippen LogP) is 1.45. The molecule has 0 aliphatic carbocycles. The number of nitrogens with zero attached hydrogens (tertiary/aromatic N) is 3. The lowest BCUT2D eigenvalue weighted by atomic mass is 10.1. The van der Waals surface area contributed by atoms with Crippen molar-refractivity contribution in [2.45, 2.75) is 6.42 Å². The molecule has 0 atom stereocenters. The van der Waals surface area contributed by atoms with Gasteiger partial charge in [0.25, 0.3) is 5.91 Å². The second kappa shape index (κ2) is 6.05. The van der Waals surface area contributed by atoms with Gasteiger partial charge in [0.15, 0.2) is 0 Å². The average molecular weight is 288 g/mol. The zero-order valence-electron chi connectivity index (χ0n) is 11.6. The number of benzene rings is 1. The van der Waals surface area contributed by atoms with Gasteiger partial charge in [-0.05, 0) is 37.7 Å². The lowest BCUT2D eigenvalue weighted by Crippen LogP contribution is -2.42. The maximum atomic E-state index is 14.0. The second-order valence-electron chi connectivity index (χ2n) is 5.04. The summed E-state index contributed by atoms with van der Waals surface area (Å²) in [6, 6.07) is 6.28. The maximum absolute atomic E-state index is 14.0. The van der Waals surface area contributed by atoms with Crippen LogP contribution in [0.4, 0.5) is 4.39 Å². The van der Waals surface area contributed by atoms with E-state index >= 15 is 0 Å². The van der Waals surface area contributed by atoms with Crippen LogP contribution in [0, 0.1) is 5.82 Å². The molecule has 1 aliphatic rings. The Morgan fingerprint density at radius 1 is 1.33 bits per heavy atom. The monoisotopic (exact) mass is 288 g/mol. The molecule has 5 nitrogen and oxygen atoms in total. The Bertz CT molecular complexity index is 623. The Hall–Kier alpha value is -2.21. The number of hydrogen-bond donors (Lipinski definition) is 1. The minimum absolute atomic E-state index is 0.0322. The first kappa shape index (κ1) is 13.8. The number of aromatic nitrogens is 2. The fraction of sp³-hybridized carbons (Fsp3) is 0.333. The Morgan fingerprint density at radius 3 is 2.86 bits per heavy atom. The number of amides is 1. The van der Waals surface area contributed by atoms with Crippen molar-refractivity contribution < 1.29 is 9.18 Å². The topological polar surface area (TPSA) is 50.2 Å². The van der Waals surface area contributed by atoms with E-state index in [-0.39, 0.29) is 5.56 Å². The Labute approximate surface area is 122 Å². The van der Waals surface area contributed by atoms with Crippen molar-refractivity contribution in [3.8, 4) is 5.69 Å². The number of nitrogens with one attached hydrogen (secondary N) is 1. The predicted molar refractivity (Wildman–Crippen MR) is 76.9 cm³/mol. The van der Waals surface area contributed by atoms with E-state index in [9.17, 15) is 9.18 Å². The zero-order chi connectivity index (χ0) is 14.7. The summed E-state index contributed by atoms with van der Waals surface area (Å²) in [4.78, 5) is 14.5. The summed E-state index contributed by atoms with van der Waals surface area (Å²) in [6.07, 6.45) is 4.49. The summed E-state index contributed by atoms with van der Waals surface area (Å²) in [7, 11) is 0. The van der Waals surface area contributed by atoms with E-state index in [2.05, 4.69) is 15.3 Å². The lowest BCUT2D eigenvalue weighted by molar-refractivity contribution is 0.0937. The number of halogens is 1. The van der Waals surface area contributed by atoms with Gasteiger partial charge in [0.05, 0.1) is 5.69 Å². The summed E-state index contributed by atoms with van der Waals surface area (Å²) < 4.78 is 15.5. The molecule has 1 saturated heterocycles. The summed E-state index contributed by atoms with van der Waals surface area (Å²) in [5.41, 5.74) is 0.478. The fourth-order valence-corrected chi connectivity index (χ4v) is 2.36. The van der Waals surface area contributed by atoms with Crippen LogP contribution in [0.15, 0.2) is 36.7 Å². The van der Waals surface area contributed by atoms with Crippen molar-refractivity contribution in [3.05, 3.63) is 48.0 Å². The first-order valence-corrected chi connectivity index (χ1v) is 7.05. The third-order valence-electron chi connectivity index (χ3n) is 3.63. The summed E-state index contributed by atoms with van der Waals surface area (Å²) in [6.45, 7) is 3.48. The highest BCUT2D eigenvalue weighted by molar-refractivity contribution is 5.98. The van der Waals surface area contributed by atoms with Gasteiger partial charge in [0.1, 0.15) is 11.4 Å². The van der Waals surface area contributed by atoms with Crippen LogP contribution in [-0.4, -0.2) is 46.8 Å². The second-order valence-corrected chi connectivity index (χ2v) is 5.04. The molecule has 0 spiro atoms. The highest BCUT2D eigenvalue weighted by atomic mass is 19.1. The van der Waals surface area contributed by atoms with Crippen molar-refractivity contribution in [3.63, 3.8) is 0 Å². The van der Waals surface area contributed by atoms with Crippen LogP contribution in [0.5, 0.6) is 0 Å². The highest BCUT2D eigenvalue weighted by Crippen LogP contribution is 2.17. The van der Waals surface area contributed by atoms with E-state index in [0.29, 0.717) is 12.2 Å². The molecule has 21 heavy (non-hydrogen) atoms. The van der Waals surface area contributed by atoms with Gasteiger partial charge in [0, 0.05) is 25.5 Å². The summed E-state index contributed by atoms with van der Waals surface area (Å²) in [5.74, 6) is -0.941. The Balaban J connectivity index is 1.75. The third-order valence-corrected chi connectivity index (χ3v) is 3.63. The number of carbonyl (C=O) groups excluding carboxylic acids is 1. The van der Waals surface area contributed by atoms with Crippen molar-refractivity contribution in [2.75, 3.05) is 26.2 Å². The smallest absolute Gasteiger partial charge is 0.256 e. The molecule has 1 aromatic heterocycles. The molecule has 0 unspecified atom stereocenters. The van der Waals surface area contributed by atoms with E-state index in [1.54, 1.807) is 30.6 Å². The van der Waals surface area contributed by atoms with Crippen molar-refractivity contribution in [1.82, 2.24) is 20.0 Å². The molecule has 3 rings (SSSR count). The maximum Gasteiger partial charge on any atom is 0.256 e. The molecule has 0 radical (unpaired) electrons. The van der Waals surface area contributed by atoms with Crippen LogP contribution >= 0.6 is 0 Å². The quantitative estimate of drug-likeness (QED) is 0.906. The van der Waals surface area contributed by atoms with Crippen molar-refractivity contribution in [1.29, 1.82) is 0 Å². The van der Waals surface area contributed by atoms with E-state index in [4.69, 9.17) is 0 Å². The van der Waals surface area contributed by atoms with Crippen LogP contribution in [-0.2, 0) is 0 Å². The number of likely N-dealkylation sites (tertiary alicyclic amines) is 1. The van der Waals surface area contributed by atoms with Crippen LogP contribution in [0.1, 0.15) is 16.8 Å². The molecule has 6 heteroatoms. The van der Waals surface area contributed by atoms with Crippen molar-refractivity contribution >= 4 is 5.91 Å². The van der Waals surface area contributed by atoms with Crippen molar-refractivity contribution in [2.24, 2.45) is 0 Å². The molecule has 0 saturated carbocycles. The Morgan fingerprint density at radius 2 is 2.19 bits per heavy atom. The normalized spacial score (nSPS) is 14.7. The number of hydrogen-bond acceptors (Lipinski definition) is 3. The minimum atomic E-state index is -0.538. The van der Waals surface area contributed by atoms with Gasteiger partial charge < -0.3 is 10.2 Å². The highest BCUT2D eigenvalue weighted by Gasteiger charge is 2.19. The molecule has 0 bridgehead atoms. The molecule has 1 aromatic carbocycles. The van der Waals surface area contributed by atoms with Gasteiger partial charge in [-0.15, -0.1) is 0 Å². The first-order chi connectivity index (χ1) is 10.3. The average Bonchev–Trinajstić information content (AvgIpc) is 2.95. The van der Waals surface area contributed by atoms with Gasteiger partial charge in [-0.25, -0.2) is 9.07 Å². The molecular formula is C15H17FN4O. The first-order valence-electron chi connectivity index (χ1n) is 7.05. The van der Waals surface area contributed by atoms with Crippen LogP contribution in [0.25, 0.3) is 5.69 Å². The van der Waals surface area contributed by atoms with Crippen LogP contribution in [0.2, 0.25) is 0 Å². The molecular weight excluding hydrogens is 271 g/mol. The van der Waals surface area contributed by atoms with Gasteiger partial charge in [-0.2, -0.15) is 5.10 Å². The van der Waals surface area contributed by atoms with Gasteiger partial charge in [-0.1, -0.05) is 6.07 Å². The summed E-state index contributed by atoms with van der Waals surface area (Å²) >= 11 is 0. The van der Waals surface area contributed by atoms with E-state index in [1.165, 1.54) is 17.2 Å². The van der Waals surface area contributed by atoms with E-state index in [1.807, 2.05) is 0 Å². The molecule has 1 fully saturated rings. The van der Waals surface area contributed by atoms with Crippen LogP contribution < -0.4 is 5.32 Å². The zero-order valence-corrected chi connectivity index (χ0v) is 11.6. The Kier molecular flexibility index (Phi) is 3.96.